The molecule has 2 amide bonds. The number of benzene rings is 2. The molecule has 27 heavy (non-hydrogen) atoms. The van der Waals surface area contributed by atoms with Crippen LogP contribution in [-0.2, 0) is 16.0 Å². The highest BCUT2D eigenvalue weighted by Crippen LogP contribution is 2.32. The minimum Gasteiger partial charge on any atom is -0.335 e. The Kier molecular flexibility index (Phi) is 4.27. The van der Waals surface area contributed by atoms with Crippen molar-refractivity contribution in [2.24, 2.45) is 0 Å². The fraction of sp³-hybridized carbons (Fsp3) is 0.250. The van der Waals surface area contributed by atoms with Crippen LogP contribution in [0, 0.1) is 0 Å². The number of carbonyl (C=O) groups is 2. The van der Waals surface area contributed by atoms with Crippen LogP contribution in [0.2, 0.25) is 0 Å². The van der Waals surface area contributed by atoms with E-state index in [1.54, 1.807) is 23.1 Å². The van der Waals surface area contributed by atoms with E-state index in [1.165, 1.54) is 12.5 Å². The van der Waals surface area contributed by atoms with Crippen LogP contribution in [0.15, 0.2) is 47.3 Å². The highest BCUT2D eigenvalue weighted by Gasteiger charge is 2.30. The van der Waals surface area contributed by atoms with Crippen molar-refractivity contribution < 1.29 is 9.59 Å². The molecule has 2 aromatic carbocycles. The van der Waals surface area contributed by atoms with Crippen LogP contribution in [0.3, 0.4) is 0 Å². The molecule has 0 radical (unpaired) electrons. The van der Waals surface area contributed by atoms with Gasteiger partial charge in [-0.25, -0.2) is 4.79 Å². The van der Waals surface area contributed by atoms with Gasteiger partial charge in [0.1, 0.15) is 0 Å². The molecular formula is C20H20N4O3. The number of nitrogens with one attached hydrogen (secondary N) is 3. The van der Waals surface area contributed by atoms with Crippen molar-refractivity contribution in [2.45, 2.75) is 25.8 Å². The number of anilines is 1. The Morgan fingerprint density at radius 1 is 1.15 bits per heavy atom. The standard InChI is InChI=1S/C20H20N4O3/c1-12(25)24-9-8-13-4-2-3-5-15(13)18(24)11-19(26)21-14-6-7-16-17(10-14)23-20(27)22-16/h2-7,10,18H,8-9,11H2,1H3,(H,21,26)(H2,22,23,27). The van der Waals surface area contributed by atoms with Crippen LogP contribution in [0.1, 0.15) is 30.5 Å². The lowest BCUT2D eigenvalue weighted by molar-refractivity contribution is -0.132. The monoisotopic (exact) mass is 364 g/mol. The summed E-state index contributed by atoms with van der Waals surface area (Å²) in [5.74, 6) is -0.214. The zero-order valence-electron chi connectivity index (χ0n) is 14.9. The average molecular weight is 364 g/mol. The van der Waals surface area contributed by atoms with Crippen LogP contribution in [0.4, 0.5) is 5.69 Å². The summed E-state index contributed by atoms with van der Waals surface area (Å²) in [7, 11) is 0. The third-order valence-electron chi connectivity index (χ3n) is 5.00. The molecule has 1 unspecified atom stereocenters. The maximum Gasteiger partial charge on any atom is 0.323 e. The largest absolute Gasteiger partial charge is 0.335 e. The minimum absolute atomic E-state index is 0.0337. The molecule has 1 aromatic heterocycles. The van der Waals surface area contributed by atoms with Crippen LogP contribution in [0.5, 0.6) is 0 Å². The molecule has 1 aliphatic heterocycles. The van der Waals surface area contributed by atoms with E-state index >= 15 is 0 Å². The summed E-state index contributed by atoms with van der Waals surface area (Å²) >= 11 is 0. The number of hydrogen-bond donors (Lipinski definition) is 3. The maximum absolute atomic E-state index is 12.7. The first-order valence-corrected chi connectivity index (χ1v) is 8.88. The van der Waals surface area contributed by atoms with Crippen molar-refractivity contribution in [2.75, 3.05) is 11.9 Å². The van der Waals surface area contributed by atoms with Gasteiger partial charge >= 0.3 is 5.69 Å². The molecule has 0 aliphatic carbocycles. The van der Waals surface area contributed by atoms with Crippen LogP contribution < -0.4 is 11.0 Å². The highest BCUT2D eigenvalue weighted by molar-refractivity contribution is 5.93. The number of fused-ring (bicyclic) bond motifs is 2. The molecule has 7 nitrogen and oxygen atoms in total. The Hall–Kier alpha value is -3.35. The van der Waals surface area contributed by atoms with E-state index in [4.69, 9.17) is 0 Å². The lowest BCUT2D eigenvalue weighted by atomic mass is 9.90. The average Bonchev–Trinajstić information content (AvgIpc) is 3.01. The lowest BCUT2D eigenvalue weighted by Gasteiger charge is -2.36. The Bertz CT molecular complexity index is 1080. The van der Waals surface area contributed by atoms with E-state index in [0.717, 1.165) is 12.0 Å². The van der Waals surface area contributed by atoms with Gasteiger partial charge in [-0.1, -0.05) is 24.3 Å². The first-order chi connectivity index (χ1) is 13.0. The summed E-state index contributed by atoms with van der Waals surface area (Å²) in [6, 6.07) is 12.9. The number of hydrogen-bond acceptors (Lipinski definition) is 3. The van der Waals surface area contributed by atoms with Crippen molar-refractivity contribution in [1.29, 1.82) is 0 Å². The molecule has 0 saturated heterocycles. The lowest BCUT2D eigenvalue weighted by Crippen LogP contribution is -2.40. The van der Waals surface area contributed by atoms with Gasteiger partial charge in [0.25, 0.3) is 0 Å². The predicted molar refractivity (Wildman–Crippen MR) is 102 cm³/mol. The number of aromatic amines is 2. The molecule has 0 spiro atoms. The number of rotatable bonds is 3. The molecule has 0 saturated carbocycles. The van der Waals surface area contributed by atoms with Gasteiger partial charge in [0.05, 0.1) is 23.5 Å². The van der Waals surface area contributed by atoms with Gasteiger partial charge < -0.3 is 20.2 Å². The summed E-state index contributed by atoms with van der Waals surface area (Å²) in [6.07, 6.45) is 0.976. The Balaban J connectivity index is 1.56. The zero-order chi connectivity index (χ0) is 19.0. The van der Waals surface area contributed by atoms with Gasteiger partial charge in [-0.3, -0.25) is 9.59 Å². The van der Waals surface area contributed by atoms with Gasteiger partial charge in [-0.05, 0) is 35.7 Å². The zero-order valence-corrected chi connectivity index (χ0v) is 14.9. The topological polar surface area (TPSA) is 98.1 Å². The molecule has 2 heterocycles. The number of carbonyl (C=O) groups excluding carboxylic acids is 2. The Labute approximate surface area is 155 Å². The van der Waals surface area contributed by atoms with Crippen LogP contribution >= 0.6 is 0 Å². The van der Waals surface area contributed by atoms with Crippen LogP contribution in [-0.4, -0.2) is 33.2 Å². The van der Waals surface area contributed by atoms with Crippen molar-refractivity contribution in [1.82, 2.24) is 14.9 Å². The molecule has 4 rings (SSSR count). The normalized spacial score (nSPS) is 16.2. The van der Waals surface area contributed by atoms with Gasteiger partial charge in [0.15, 0.2) is 0 Å². The fourth-order valence-electron chi connectivity index (χ4n) is 3.75. The molecule has 3 N–H and O–H groups in total. The molecule has 1 aliphatic rings. The second-order valence-electron chi connectivity index (χ2n) is 6.77. The smallest absolute Gasteiger partial charge is 0.323 e. The quantitative estimate of drug-likeness (QED) is 0.665. The fourth-order valence-corrected chi connectivity index (χ4v) is 3.75. The van der Waals surface area contributed by atoms with E-state index in [1.807, 2.05) is 24.3 Å². The van der Waals surface area contributed by atoms with Gasteiger partial charge in [0, 0.05) is 19.2 Å². The minimum atomic E-state index is -0.288. The molecule has 138 valence electrons. The molecular weight excluding hydrogens is 344 g/mol. The SMILES string of the molecule is CC(=O)N1CCc2ccccc2C1CC(=O)Nc1ccc2[nH]c(=O)[nH]c2c1. The van der Waals surface area contributed by atoms with Gasteiger partial charge in [-0.15, -0.1) is 0 Å². The third-order valence-corrected chi connectivity index (χ3v) is 5.00. The number of nitrogens with zero attached hydrogens (tertiary/aromatic N) is 1. The third kappa shape index (κ3) is 3.36. The van der Waals surface area contributed by atoms with E-state index in [9.17, 15) is 14.4 Å². The molecule has 7 heteroatoms. The first-order valence-electron chi connectivity index (χ1n) is 8.88. The van der Waals surface area contributed by atoms with Crippen LogP contribution in [0.25, 0.3) is 11.0 Å². The first kappa shape index (κ1) is 17.1. The maximum atomic E-state index is 12.7. The van der Waals surface area contributed by atoms with Crippen molar-refractivity contribution in [3.8, 4) is 0 Å². The van der Waals surface area contributed by atoms with Crippen molar-refractivity contribution in [3.05, 3.63) is 64.1 Å². The summed E-state index contributed by atoms with van der Waals surface area (Å²) < 4.78 is 0. The van der Waals surface area contributed by atoms with Crippen molar-refractivity contribution >= 4 is 28.5 Å². The Morgan fingerprint density at radius 2 is 1.93 bits per heavy atom. The van der Waals surface area contributed by atoms with E-state index in [2.05, 4.69) is 15.3 Å². The predicted octanol–water partition coefficient (Wildman–Crippen LogP) is 2.33. The second-order valence-corrected chi connectivity index (χ2v) is 6.77. The number of H-pyrrole nitrogens is 2. The summed E-state index contributed by atoms with van der Waals surface area (Å²) in [4.78, 5) is 43.2. The van der Waals surface area contributed by atoms with Gasteiger partial charge in [0.2, 0.25) is 11.8 Å². The van der Waals surface area contributed by atoms with E-state index < -0.39 is 0 Å². The molecule has 0 fully saturated rings. The molecule has 0 bridgehead atoms. The summed E-state index contributed by atoms with van der Waals surface area (Å²) in [5, 5.41) is 2.87. The number of amides is 2. The number of aromatic nitrogens is 2. The van der Waals surface area contributed by atoms with E-state index in [-0.39, 0.29) is 30.0 Å². The second kappa shape index (κ2) is 6.75. The number of imidazole rings is 1. The Morgan fingerprint density at radius 3 is 2.74 bits per heavy atom. The van der Waals surface area contributed by atoms with Crippen molar-refractivity contribution in [3.63, 3.8) is 0 Å². The molecule has 1 atom stereocenters. The summed E-state index contributed by atoms with van der Waals surface area (Å²) in [6.45, 7) is 2.15. The highest BCUT2D eigenvalue weighted by atomic mass is 16.2. The summed E-state index contributed by atoms with van der Waals surface area (Å²) in [5.41, 5.74) is 3.83. The van der Waals surface area contributed by atoms with Gasteiger partial charge in [-0.2, -0.15) is 0 Å². The molecule has 3 aromatic rings. The van der Waals surface area contributed by atoms with E-state index in [0.29, 0.717) is 23.3 Å².